The van der Waals surface area contributed by atoms with Crippen LogP contribution in [0.2, 0.25) is 0 Å². The number of halogens is 4. The van der Waals surface area contributed by atoms with Gasteiger partial charge in [-0.15, -0.1) is 0 Å². The molecule has 31 heavy (non-hydrogen) atoms. The molecule has 0 bridgehead atoms. The van der Waals surface area contributed by atoms with Crippen molar-refractivity contribution in [3.05, 3.63) is 59.2 Å². The van der Waals surface area contributed by atoms with Gasteiger partial charge in [0.25, 0.3) is 0 Å². The van der Waals surface area contributed by atoms with Gasteiger partial charge in [0.2, 0.25) is 5.76 Å². The average Bonchev–Trinajstić information content (AvgIpc) is 3.45. The molecule has 1 aliphatic carbocycles. The molecule has 0 amide bonds. The lowest BCUT2D eigenvalue weighted by molar-refractivity contribution is -0.155. The van der Waals surface area contributed by atoms with E-state index in [1.807, 2.05) is 4.57 Å². The highest BCUT2D eigenvalue weighted by molar-refractivity contribution is 6.03. The van der Waals surface area contributed by atoms with Crippen LogP contribution >= 0.6 is 0 Å². The summed E-state index contributed by atoms with van der Waals surface area (Å²) < 4.78 is 59.1. The molecule has 1 fully saturated rings. The van der Waals surface area contributed by atoms with E-state index in [2.05, 4.69) is 24.5 Å². The lowest BCUT2D eigenvalue weighted by Crippen LogP contribution is -2.11. The summed E-state index contributed by atoms with van der Waals surface area (Å²) in [7, 11) is 0. The van der Waals surface area contributed by atoms with E-state index >= 15 is 0 Å². The van der Waals surface area contributed by atoms with Gasteiger partial charge in [-0.1, -0.05) is 11.2 Å². The first-order valence-electron chi connectivity index (χ1n) is 9.67. The number of aromatic nitrogens is 4. The SMILES string of the molecule is [C-]#[N+]c1ccc2ncc3nc(Cc4cc(C(F)(F)F)on4)n(C4CCC(F)C4)c3c2c1. The maximum Gasteiger partial charge on any atom is 0.452 e. The summed E-state index contributed by atoms with van der Waals surface area (Å²) in [4.78, 5) is 12.5. The highest BCUT2D eigenvalue weighted by atomic mass is 19.4. The van der Waals surface area contributed by atoms with Gasteiger partial charge in [0.05, 0.1) is 35.9 Å². The van der Waals surface area contributed by atoms with Gasteiger partial charge in [-0.2, -0.15) is 13.2 Å². The van der Waals surface area contributed by atoms with Crippen LogP contribution < -0.4 is 0 Å². The van der Waals surface area contributed by atoms with Gasteiger partial charge < -0.3 is 9.09 Å². The molecule has 3 aromatic heterocycles. The van der Waals surface area contributed by atoms with Crippen LogP contribution in [0.5, 0.6) is 0 Å². The molecule has 1 aliphatic rings. The predicted octanol–water partition coefficient (Wildman–Crippen LogP) is 5.80. The Morgan fingerprint density at radius 3 is 2.71 bits per heavy atom. The second-order valence-corrected chi connectivity index (χ2v) is 7.62. The average molecular weight is 429 g/mol. The number of hydrogen-bond donors (Lipinski definition) is 0. The van der Waals surface area contributed by atoms with Crippen molar-refractivity contribution in [2.75, 3.05) is 0 Å². The Morgan fingerprint density at radius 2 is 2.03 bits per heavy atom. The molecule has 0 aliphatic heterocycles. The lowest BCUT2D eigenvalue weighted by Gasteiger charge is -2.17. The van der Waals surface area contributed by atoms with Crippen molar-refractivity contribution < 1.29 is 22.1 Å². The van der Waals surface area contributed by atoms with Crippen LogP contribution in [0.4, 0.5) is 23.2 Å². The van der Waals surface area contributed by atoms with Crippen molar-refractivity contribution in [3.8, 4) is 0 Å². The Kier molecular flexibility index (Phi) is 4.43. The van der Waals surface area contributed by atoms with Gasteiger partial charge in [-0.05, 0) is 31.4 Å². The summed E-state index contributed by atoms with van der Waals surface area (Å²) in [5.74, 6) is -0.720. The molecular weight excluding hydrogens is 414 g/mol. The van der Waals surface area contributed by atoms with Crippen molar-refractivity contribution in [3.63, 3.8) is 0 Å². The van der Waals surface area contributed by atoms with Crippen LogP contribution in [0.15, 0.2) is 35.0 Å². The lowest BCUT2D eigenvalue weighted by atomic mass is 10.1. The highest BCUT2D eigenvalue weighted by Crippen LogP contribution is 2.38. The standard InChI is InChI=1S/C21H15F4N5O/c1-26-12-3-5-16-15(7-12)20-17(10-27-16)28-19(30(20)14-4-2-11(22)6-14)9-13-8-18(31-29-13)21(23,24)25/h3,5,7-8,10-11,14H,2,4,6,9H2. The molecule has 1 saturated carbocycles. The van der Waals surface area contributed by atoms with E-state index in [0.717, 1.165) is 6.07 Å². The Hall–Kier alpha value is -3.48. The number of rotatable bonds is 3. The maximum absolute atomic E-state index is 14.1. The molecule has 0 N–H and O–H groups in total. The monoisotopic (exact) mass is 429 g/mol. The van der Waals surface area contributed by atoms with Gasteiger partial charge in [-0.25, -0.2) is 14.2 Å². The fourth-order valence-corrected chi connectivity index (χ4v) is 4.23. The van der Waals surface area contributed by atoms with E-state index in [9.17, 15) is 17.6 Å². The van der Waals surface area contributed by atoms with Crippen LogP contribution in [-0.2, 0) is 12.6 Å². The normalized spacial score (nSPS) is 19.3. The number of alkyl halides is 4. The minimum Gasteiger partial charge on any atom is -0.351 e. The molecule has 2 unspecified atom stereocenters. The van der Waals surface area contributed by atoms with Crippen molar-refractivity contribution in [1.82, 2.24) is 19.7 Å². The van der Waals surface area contributed by atoms with Crippen molar-refractivity contribution in [1.29, 1.82) is 0 Å². The predicted molar refractivity (Wildman–Crippen MR) is 103 cm³/mol. The first-order valence-corrected chi connectivity index (χ1v) is 9.67. The van der Waals surface area contributed by atoms with Crippen molar-refractivity contribution in [2.45, 2.75) is 44.1 Å². The number of benzene rings is 1. The topological polar surface area (TPSA) is 61.1 Å². The van der Waals surface area contributed by atoms with Crippen LogP contribution in [0.25, 0.3) is 26.8 Å². The Morgan fingerprint density at radius 1 is 1.19 bits per heavy atom. The number of hydrogen-bond acceptors (Lipinski definition) is 4. The first-order chi connectivity index (χ1) is 14.8. The molecule has 6 nitrogen and oxygen atoms in total. The van der Waals surface area contributed by atoms with Gasteiger partial charge in [0.1, 0.15) is 17.5 Å². The van der Waals surface area contributed by atoms with Gasteiger partial charge >= 0.3 is 6.18 Å². The van der Waals surface area contributed by atoms with E-state index < -0.39 is 18.1 Å². The number of nitrogens with zero attached hydrogens (tertiary/aromatic N) is 5. The Bertz CT molecular complexity index is 1330. The fourth-order valence-electron chi connectivity index (χ4n) is 4.23. The number of pyridine rings is 1. The molecule has 5 rings (SSSR count). The van der Waals surface area contributed by atoms with Gasteiger partial charge in [0.15, 0.2) is 5.69 Å². The summed E-state index contributed by atoms with van der Waals surface area (Å²) >= 11 is 0. The smallest absolute Gasteiger partial charge is 0.351 e. The molecule has 0 radical (unpaired) electrons. The summed E-state index contributed by atoms with van der Waals surface area (Å²) in [5.41, 5.74) is 2.40. The van der Waals surface area contributed by atoms with E-state index in [1.165, 1.54) is 0 Å². The molecule has 3 heterocycles. The molecular formula is C21H15F4N5O. The molecule has 0 spiro atoms. The summed E-state index contributed by atoms with van der Waals surface area (Å²) in [6.07, 6.45) is -2.73. The quantitative estimate of drug-likeness (QED) is 0.305. The van der Waals surface area contributed by atoms with Crippen molar-refractivity contribution in [2.24, 2.45) is 0 Å². The van der Waals surface area contributed by atoms with Crippen molar-refractivity contribution >= 4 is 27.6 Å². The second-order valence-electron chi connectivity index (χ2n) is 7.62. The van der Waals surface area contributed by atoms with E-state index in [1.54, 1.807) is 24.4 Å². The first kappa shape index (κ1) is 19.5. The third kappa shape index (κ3) is 3.40. The van der Waals surface area contributed by atoms with Crippen LogP contribution in [-0.4, -0.2) is 25.9 Å². The zero-order valence-corrected chi connectivity index (χ0v) is 16.0. The second kappa shape index (κ2) is 7.04. The Labute approximate surface area is 173 Å². The van der Waals surface area contributed by atoms with E-state index in [4.69, 9.17) is 6.57 Å². The molecule has 10 heteroatoms. The van der Waals surface area contributed by atoms with E-state index in [0.29, 0.717) is 46.3 Å². The molecule has 1 aromatic carbocycles. The largest absolute Gasteiger partial charge is 0.452 e. The molecule has 0 saturated heterocycles. The number of fused-ring (bicyclic) bond motifs is 3. The van der Waals surface area contributed by atoms with Crippen LogP contribution in [0.1, 0.15) is 42.6 Å². The van der Waals surface area contributed by atoms with Crippen LogP contribution in [0.3, 0.4) is 0 Å². The van der Waals surface area contributed by atoms with Gasteiger partial charge in [0, 0.05) is 17.5 Å². The zero-order chi connectivity index (χ0) is 21.8. The molecule has 4 aromatic rings. The van der Waals surface area contributed by atoms with Gasteiger partial charge in [-0.3, -0.25) is 4.98 Å². The molecule has 158 valence electrons. The number of imidazole rings is 1. The summed E-state index contributed by atoms with van der Waals surface area (Å²) in [6.45, 7) is 7.30. The fraction of sp³-hybridized carbons (Fsp3) is 0.333. The summed E-state index contributed by atoms with van der Waals surface area (Å²) in [6, 6.07) is 5.75. The Balaban J connectivity index is 1.69. The third-order valence-electron chi connectivity index (χ3n) is 5.59. The minimum atomic E-state index is -4.63. The van der Waals surface area contributed by atoms with E-state index in [-0.39, 0.29) is 24.6 Å². The highest BCUT2D eigenvalue weighted by Gasteiger charge is 2.36. The maximum atomic E-state index is 14.1. The van der Waals surface area contributed by atoms with Crippen LogP contribution in [0, 0.1) is 6.57 Å². The summed E-state index contributed by atoms with van der Waals surface area (Å²) in [5, 5.41) is 4.24. The molecule has 2 atom stereocenters. The zero-order valence-electron chi connectivity index (χ0n) is 16.0. The minimum absolute atomic E-state index is 0.00822. The third-order valence-corrected chi connectivity index (χ3v) is 5.59.